The number of imidazole rings is 1. The Morgan fingerprint density at radius 2 is 1.47 bits per heavy atom. The molecule has 11 nitrogen and oxygen atoms in total. The summed E-state index contributed by atoms with van der Waals surface area (Å²) in [6, 6.07) is -3.87. The number of carboxylic acid groups (broad SMARTS) is 1. The fourth-order valence-corrected chi connectivity index (χ4v) is 2.68. The molecule has 168 valence electrons. The highest BCUT2D eigenvalue weighted by Crippen LogP contribution is 2.08. The zero-order chi connectivity index (χ0) is 23.0. The Morgan fingerprint density at radius 3 is 1.87 bits per heavy atom. The average molecular weight is 425 g/mol. The van der Waals surface area contributed by atoms with Gasteiger partial charge in [0.1, 0.15) is 18.1 Å². The minimum absolute atomic E-state index is 0.0128. The molecule has 0 aromatic carbocycles. The zero-order valence-corrected chi connectivity index (χ0v) is 17.9. The van der Waals surface area contributed by atoms with Crippen LogP contribution in [-0.4, -0.2) is 62.9 Å². The fraction of sp³-hybridized carbons (Fsp3) is 0.632. The summed E-state index contributed by atoms with van der Waals surface area (Å²) in [6.45, 7) is 8.45. The first-order chi connectivity index (χ1) is 13.9. The average Bonchev–Trinajstić information content (AvgIpc) is 3.15. The van der Waals surface area contributed by atoms with Gasteiger partial charge in [-0.05, 0) is 18.8 Å². The van der Waals surface area contributed by atoms with E-state index in [0.717, 1.165) is 0 Å². The number of carboxylic acids is 1. The van der Waals surface area contributed by atoms with Gasteiger partial charge in [0.15, 0.2) is 0 Å². The van der Waals surface area contributed by atoms with Crippen LogP contribution in [0.4, 0.5) is 0 Å². The van der Waals surface area contributed by atoms with E-state index in [1.807, 2.05) is 0 Å². The predicted molar refractivity (Wildman–Crippen MR) is 109 cm³/mol. The summed E-state index contributed by atoms with van der Waals surface area (Å²) in [6.07, 6.45) is 2.90. The molecule has 4 atom stereocenters. The highest BCUT2D eigenvalue weighted by molar-refractivity contribution is 5.94. The van der Waals surface area contributed by atoms with E-state index in [9.17, 15) is 24.3 Å². The molecule has 1 aromatic heterocycles. The van der Waals surface area contributed by atoms with Crippen LogP contribution in [0.3, 0.4) is 0 Å². The molecule has 0 aliphatic rings. The smallest absolute Gasteiger partial charge is 0.326 e. The third kappa shape index (κ3) is 7.47. The minimum Gasteiger partial charge on any atom is -0.480 e. The van der Waals surface area contributed by atoms with Crippen molar-refractivity contribution in [1.82, 2.24) is 25.9 Å². The number of hydrogen-bond donors (Lipinski definition) is 6. The number of H-pyrrole nitrogens is 1. The Kier molecular flexibility index (Phi) is 9.44. The first-order valence-electron chi connectivity index (χ1n) is 9.80. The lowest BCUT2D eigenvalue weighted by molar-refractivity contribution is -0.142. The van der Waals surface area contributed by atoms with E-state index < -0.39 is 47.9 Å². The van der Waals surface area contributed by atoms with Crippen molar-refractivity contribution in [3.8, 4) is 0 Å². The molecule has 0 fully saturated rings. The van der Waals surface area contributed by atoms with Crippen molar-refractivity contribution in [3.05, 3.63) is 18.2 Å². The standard InChI is InChI=1S/C19H32N6O5/c1-9(2)14(25-18(28)15(10(3)4)24-16(26)11(5)20)17(27)23-13(19(29)30)6-12-7-21-8-22-12/h7-11,13-15H,6,20H2,1-5H3,(H,21,22)(H,23,27)(H,24,26)(H,25,28)(H,29,30). The molecule has 0 spiro atoms. The fourth-order valence-electron chi connectivity index (χ4n) is 2.68. The number of aromatic amines is 1. The molecule has 0 bridgehead atoms. The number of hydrogen-bond acceptors (Lipinski definition) is 6. The maximum Gasteiger partial charge on any atom is 0.326 e. The quantitative estimate of drug-likeness (QED) is 0.268. The van der Waals surface area contributed by atoms with Crippen LogP contribution in [0.2, 0.25) is 0 Å². The second-order valence-corrected chi connectivity index (χ2v) is 7.93. The number of rotatable bonds is 11. The lowest BCUT2D eigenvalue weighted by atomic mass is 9.99. The van der Waals surface area contributed by atoms with Gasteiger partial charge in [-0.2, -0.15) is 0 Å². The summed E-state index contributed by atoms with van der Waals surface area (Å²) < 4.78 is 0. The molecule has 0 radical (unpaired) electrons. The zero-order valence-electron chi connectivity index (χ0n) is 17.9. The lowest BCUT2D eigenvalue weighted by Crippen LogP contribution is -2.59. The Hall–Kier alpha value is -2.95. The maximum absolute atomic E-state index is 12.8. The number of nitrogens with two attached hydrogens (primary N) is 1. The van der Waals surface area contributed by atoms with Crippen molar-refractivity contribution in [3.63, 3.8) is 0 Å². The van der Waals surface area contributed by atoms with Gasteiger partial charge in [-0.25, -0.2) is 9.78 Å². The second kappa shape index (κ2) is 11.3. The van der Waals surface area contributed by atoms with E-state index >= 15 is 0 Å². The summed E-state index contributed by atoms with van der Waals surface area (Å²) in [4.78, 5) is 55.6. The number of aromatic nitrogens is 2. The maximum atomic E-state index is 12.8. The van der Waals surface area contributed by atoms with Crippen LogP contribution >= 0.6 is 0 Å². The molecule has 0 aliphatic heterocycles. The van der Waals surface area contributed by atoms with Crippen LogP contribution < -0.4 is 21.7 Å². The van der Waals surface area contributed by atoms with E-state index in [-0.39, 0.29) is 18.3 Å². The molecular weight excluding hydrogens is 392 g/mol. The third-order valence-electron chi connectivity index (χ3n) is 4.50. The predicted octanol–water partition coefficient (Wildman–Crippen LogP) is -0.850. The number of nitrogens with zero attached hydrogens (tertiary/aromatic N) is 1. The van der Waals surface area contributed by atoms with Crippen molar-refractivity contribution in [2.45, 2.75) is 65.2 Å². The van der Waals surface area contributed by atoms with Gasteiger partial charge in [0.05, 0.1) is 12.4 Å². The van der Waals surface area contributed by atoms with Gasteiger partial charge in [0.25, 0.3) is 0 Å². The summed E-state index contributed by atoms with van der Waals surface area (Å²) in [7, 11) is 0. The number of aliphatic carboxylic acids is 1. The number of nitrogens with one attached hydrogen (secondary N) is 4. The van der Waals surface area contributed by atoms with Crippen molar-refractivity contribution in [2.24, 2.45) is 17.6 Å². The van der Waals surface area contributed by atoms with Crippen molar-refractivity contribution >= 4 is 23.7 Å². The van der Waals surface area contributed by atoms with Crippen LogP contribution in [0.5, 0.6) is 0 Å². The molecule has 1 rings (SSSR count). The van der Waals surface area contributed by atoms with Crippen LogP contribution in [0.1, 0.15) is 40.3 Å². The molecule has 11 heteroatoms. The monoisotopic (exact) mass is 424 g/mol. The molecule has 0 saturated heterocycles. The van der Waals surface area contributed by atoms with Crippen molar-refractivity contribution in [2.75, 3.05) is 0 Å². The Balaban J connectivity index is 2.90. The number of carbonyl (C=O) groups is 4. The summed E-state index contributed by atoms with van der Waals surface area (Å²) >= 11 is 0. The van der Waals surface area contributed by atoms with Gasteiger partial charge in [-0.15, -0.1) is 0 Å². The first kappa shape index (κ1) is 25.1. The van der Waals surface area contributed by atoms with E-state index in [1.54, 1.807) is 27.7 Å². The molecule has 3 amide bonds. The van der Waals surface area contributed by atoms with E-state index in [0.29, 0.717) is 5.69 Å². The minimum atomic E-state index is -1.21. The molecular formula is C19H32N6O5. The van der Waals surface area contributed by atoms with Gasteiger partial charge < -0.3 is 31.8 Å². The van der Waals surface area contributed by atoms with Crippen molar-refractivity contribution in [1.29, 1.82) is 0 Å². The van der Waals surface area contributed by atoms with E-state index in [1.165, 1.54) is 19.4 Å². The third-order valence-corrected chi connectivity index (χ3v) is 4.50. The first-order valence-corrected chi connectivity index (χ1v) is 9.80. The molecule has 0 aliphatic carbocycles. The molecule has 1 heterocycles. The highest BCUT2D eigenvalue weighted by Gasteiger charge is 2.32. The molecule has 4 unspecified atom stereocenters. The molecule has 30 heavy (non-hydrogen) atoms. The van der Waals surface area contributed by atoms with Crippen LogP contribution in [0, 0.1) is 11.8 Å². The topological polar surface area (TPSA) is 179 Å². The van der Waals surface area contributed by atoms with Crippen LogP contribution in [-0.2, 0) is 25.6 Å². The largest absolute Gasteiger partial charge is 0.480 e. The summed E-state index contributed by atoms with van der Waals surface area (Å²) in [5.41, 5.74) is 6.10. The van der Waals surface area contributed by atoms with Crippen LogP contribution in [0.25, 0.3) is 0 Å². The number of amides is 3. The highest BCUT2D eigenvalue weighted by atomic mass is 16.4. The number of carbonyl (C=O) groups excluding carboxylic acids is 3. The molecule has 0 saturated carbocycles. The van der Waals surface area contributed by atoms with Crippen molar-refractivity contribution < 1.29 is 24.3 Å². The summed E-state index contributed by atoms with van der Waals surface area (Å²) in [5.74, 6) is -3.46. The van der Waals surface area contributed by atoms with Gasteiger partial charge >= 0.3 is 5.97 Å². The van der Waals surface area contributed by atoms with Gasteiger partial charge in [0, 0.05) is 18.3 Å². The van der Waals surface area contributed by atoms with E-state index in [4.69, 9.17) is 5.73 Å². The molecule has 7 N–H and O–H groups in total. The normalized spacial score (nSPS) is 15.2. The van der Waals surface area contributed by atoms with Gasteiger partial charge in [-0.3, -0.25) is 14.4 Å². The Bertz CT molecular complexity index is 732. The van der Waals surface area contributed by atoms with Crippen LogP contribution in [0.15, 0.2) is 12.5 Å². The summed E-state index contributed by atoms with van der Waals surface area (Å²) in [5, 5.41) is 17.1. The van der Waals surface area contributed by atoms with E-state index in [2.05, 4.69) is 25.9 Å². The van der Waals surface area contributed by atoms with Gasteiger partial charge in [0.2, 0.25) is 17.7 Å². The van der Waals surface area contributed by atoms with Gasteiger partial charge in [-0.1, -0.05) is 27.7 Å². The Labute approximate surface area is 175 Å². The second-order valence-electron chi connectivity index (χ2n) is 7.93. The molecule has 1 aromatic rings. The SMILES string of the molecule is CC(N)C(=O)NC(C(=O)NC(C(=O)NC(Cc1cnc[nH]1)C(=O)O)C(C)C)C(C)C. The lowest BCUT2D eigenvalue weighted by Gasteiger charge is -2.28. The Morgan fingerprint density at radius 1 is 0.967 bits per heavy atom.